The third-order valence-electron chi connectivity index (χ3n) is 2.19. The molecule has 0 unspecified atom stereocenters. The second-order valence-corrected chi connectivity index (χ2v) is 4.07. The van der Waals surface area contributed by atoms with Gasteiger partial charge in [-0.25, -0.2) is 9.37 Å². The monoisotopic (exact) mass is 234 g/mol. The van der Waals surface area contributed by atoms with Crippen molar-refractivity contribution >= 4 is 12.2 Å². The Morgan fingerprint density at radius 1 is 1.38 bits per heavy atom. The summed E-state index contributed by atoms with van der Waals surface area (Å²) >= 11 is 5.02. The van der Waals surface area contributed by atoms with Crippen molar-refractivity contribution in [3.63, 3.8) is 0 Å². The van der Waals surface area contributed by atoms with Crippen molar-refractivity contribution in [3.05, 3.63) is 57.9 Å². The Morgan fingerprint density at radius 2 is 2.19 bits per heavy atom. The van der Waals surface area contributed by atoms with Crippen LogP contribution in [0.2, 0.25) is 0 Å². The fraction of sp³-hybridized carbons (Fsp3) is 0.167. The van der Waals surface area contributed by atoms with Gasteiger partial charge in [0.05, 0.1) is 0 Å². The molecule has 0 spiro atoms. The SMILES string of the molecule is Cc1cc(=S)nc(Cc2cccc(F)c2)[nH]1. The molecule has 0 aliphatic rings. The molecular weight excluding hydrogens is 223 g/mol. The Balaban J connectivity index is 2.30. The second kappa shape index (κ2) is 4.53. The van der Waals surface area contributed by atoms with Crippen LogP contribution in [-0.2, 0) is 6.42 Å². The largest absolute Gasteiger partial charge is 0.347 e. The molecule has 82 valence electrons. The number of aromatic amines is 1. The number of nitrogens with one attached hydrogen (secondary N) is 1. The number of nitrogens with zero attached hydrogens (tertiary/aromatic N) is 1. The zero-order valence-corrected chi connectivity index (χ0v) is 9.64. The highest BCUT2D eigenvalue weighted by molar-refractivity contribution is 7.71. The van der Waals surface area contributed by atoms with E-state index in [1.165, 1.54) is 12.1 Å². The minimum Gasteiger partial charge on any atom is -0.347 e. The van der Waals surface area contributed by atoms with Crippen LogP contribution in [-0.4, -0.2) is 9.97 Å². The molecule has 1 aromatic carbocycles. The number of benzene rings is 1. The van der Waals surface area contributed by atoms with Crippen LogP contribution in [0, 0.1) is 17.4 Å². The summed E-state index contributed by atoms with van der Waals surface area (Å²) < 4.78 is 13.5. The van der Waals surface area contributed by atoms with E-state index in [9.17, 15) is 4.39 Å². The number of rotatable bonds is 2. The quantitative estimate of drug-likeness (QED) is 0.808. The lowest BCUT2D eigenvalue weighted by atomic mass is 10.1. The van der Waals surface area contributed by atoms with E-state index in [4.69, 9.17) is 12.2 Å². The number of H-pyrrole nitrogens is 1. The number of aromatic nitrogens is 2. The molecule has 0 fully saturated rings. The Bertz CT molecular complexity index is 563. The average molecular weight is 234 g/mol. The molecule has 2 nitrogen and oxygen atoms in total. The summed E-state index contributed by atoms with van der Waals surface area (Å²) in [6.45, 7) is 1.92. The molecule has 0 saturated heterocycles. The maximum atomic E-state index is 13.0. The maximum absolute atomic E-state index is 13.0. The van der Waals surface area contributed by atoms with Gasteiger partial charge in [-0.05, 0) is 30.7 Å². The first kappa shape index (κ1) is 11.0. The molecule has 0 radical (unpaired) electrons. The normalized spacial score (nSPS) is 10.4. The molecule has 0 aliphatic carbocycles. The van der Waals surface area contributed by atoms with E-state index >= 15 is 0 Å². The Labute approximate surface area is 98.2 Å². The molecule has 16 heavy (non-hydrogen) atoms. The van der Waals surface area contributed by atoms with Gasteiger partial charge in [-0.1, -0.05) is 24.4 Å². The van der Waals surface area contributed by atoms with E-state index in [0.717, 1.165) is 17.1 Å². The first-order valence-corrected chi connectivity index (χ1v) is 5.35. The summed E-state index contributed by atoms with van der Waals surface area (Å²) in [5, 5.41) is 0. The van der Waals surface area contributed by atoms with Gasteiger partial charge in [-0.15, -0.1) is 0 Å². The van der Waals surface area contributed by atoms with Crippen LogP contribution in [0.25, 0.3) is 0 Å². The average Bonchev–Trinajstić information content (AvgIpc) is 2.15. The van der Waals surface area contributed by atoms with Crippen molar-refractivity contribution in [3.8, 4) is 0 Å². The summed E-state index contributed by atoms with van der Waals surface area (Å²) in [5.74, 6) is 0.527. The molecule has 0 aliphatic heterocycles. The first-order chi connectivity index (χ1) is 7.63. The molecule has 0 atom stereocenters. The third kappa shape index (κ3) is 2.73. The summed E-state index contributed by atoms with van der Waals surface area (Å²) in [7, 11) is 0. The number of hydrogen-bond acceptors (Lipinski definition) is 2. The summed E-state index contributed by atoms with van der Waals surface area (Å²) in [4.78, 5) is 7.31. The van der Waals surface area contributed by atoms with Crippen LogP contribution in [0.15, 0.2) is 30.3 Å². The van der Waals surface area contributed by atoms with Gasteiger partial charge >= 0.3 is 0 Å². The molecular formula is C12H11FN2S. The van der Waals surface area contributed by atoms with E-state index in [0.29, 0.717) is 11.1 Å². The van der Waals surface area contributed by atoms with Gasteiger partial charge in [0, 0.05) is 12.1 Å². The molecule has 0 amide bonds. The van der Waals surface area contributed by atoms with Crippen LogP contribution < -0.4 is 0 Å². The molecule has 1 aromatic heterocycles. The minimum absolute atomic E-state index is 0.233. The zero-order chi connectivity index (χ0) is 11.5. The predicted octanol–water partition coefficient (Wildman–Crippen LogP) is 3.18. The lowest BCUT2D eigenvalue weighted by Crippen LogP contribution is -1.98. The number of aryl methyl sites for hydroxylation is 1. The van der Waals surface area contributed by atoms with Crippen molar-refractivity contribution in [1.82, 2.24) is 9.97 Å². The van der Waals surface area contributed by atoms with Crippen molar-refractivity contribution in [1.29, 1.82) is 0 Å². The van der Waals surface area contributed by atoms with Crippen LogP contribution in [0.1, 0.15) is 17.1 Å². The van der Waals surface area contributed by atoms with Gasteiger partial charge in [0.15, 0.2) is 0 Å². The molecule has 2 rings (SSSR count). The van der Waals surface area contributed by atoms with E-state index in [-0.39, 0.29) is 5.82 Å². The number of hydrogen-bond donors (Lipinski definition) is 1. The summed E-state index contributed by atoms with van der Waals surface area (Å²) in [6.07, 6.45) is 0.559. The minimum atomic E-state index is -0.233. The molecule has 4 heteroatoms. The van der Waals surface area contributed by atoms with Crippen LogP contribution in [0.5, 0.6) is 0 Å². The molecule has 1 N–H and O–H groups in total. The Morgan fingerprint density at radius 3 is 2.88 bits per heavy atom. The van der Waals surface area contributed by atoms with E-state index in [1.807, 2.05) is 13.0 Å². The Kier molecular flexibility index (Phi) is 3.10. The fourth-order valence-corrected chi connectivity index (χ4v) is 1.85. The standard InChI is InChI=1S/C12H11FN2S/c1-8-5-12(16)15-11(14-8)7-9-3-2-4-10(13)6-9/h2-6H,7H2,1H3,(H,14,15,16). The second-order valence-electron chi connectivity index (χ2n) is 3.66. The van der Waals surface area contributed by atoms with Gasteiger partial charge in [0.25, 0.3) is 0 Å². The molecule has 1 heterocycles. The molecule has 0 bridgehead atoms. The Hall–Kier alpha value is -1.55. The lowest BCUT2D eigenvalue weighted by Gasteiger charge is -2.03. The van der Waals surface area contributed by atoms with Crippen LogP contribution in [0.4, 0.5) is 4.39 Å². The first-order valence-electron chi connectivity index (χ1n) is 4.95. The lowest BCUT2D eigenvalue weighted by molar-refractivity contribution is 0.625. The zero-order valence-electron chi connectivity index (χ0n) is 8.83. The van der Waals surface area contributed by atoms with Crippen LogP contribution >= 0.6 is 12.2 Å². The topological polar surface area (TPSA) is 28.7 Å². The highest BCUT2D eigenvalue weighted by Gasteiger charge is 2.00. The highest BCUT2D eigenvalue weighted by atomic mass is 32.1. The van der Waals surface area contributed by atoms with Gasteiger partial charge < -0.3 is 4.98 Å². The van der Waals surface area contributed by atoms with Crippen molar-refractivity contribution < 1.29 is 4.39 Å². The van der Waals surface area contributed by atoms with Gasteiger partial charge in [-0.2, -0.15) is 0 Å². The van der Waals surface area contributed by atoms with Crippen molar-refractivity contribution in [2.75, 3.05) is 0 Å². The smallest absolute Gasteiger partial charge is 0.129 e. The highest BCUT2D eigenvalue weighted by Crippen LogP contribution is 2.08. The molecule has 2 aromatic rings. The van der Waals surface area contributed by atoms with Crippen LogP contribution in [0.3, 0.4) is 0 Å². The fourth-order valence-electron chi connectivity index (χ4n) is 1.57. The number of halogens is 1. The van der Waals surface area contributed by atoms with E-state index < -0.39 is 0 Å². The predicted molar refractivity (Wildman–Crippen MR) is 63.4 cm³/mol. The molecule has 0 saturated carbocycles. The van der Waals surface area contributed by atoms with Crippen molar-refractivity contribution in [2.24, 2.45) is 0 Å². The van der Waals surface area contributed by atoms with Gasteiger partial charge in [0.1, 0.15) is 16.3 Å². The van der Waals surface area contributed by atoms with E-state index in [2.05, 4.69) is 9.97 Å². The van der Waals surface area contributed by atoms with E-state index in [1.54, 1.807) is 12.1 Å². The van der Waals surface area contributed by atoms with Gasteiger partial charge in [-0.3, -0.25) is 0 Å². The maximum Gasteiger partial charge on any atom is 0.129 e. The summed E-state index contributed by atoms with van der Waals surface area (Å²) in [6, 6.07) is 8.28. The summed E-state index contributed by atoms with van der Waals surface area (Å²) in [5.41, 5.74) is 1.84. The van der Waals surface area contributed by atoms with Gasteiger partial charge in [0.2, 0.25) is 0 Å². The third-order valence-corrected chi connectivity index (χ3v) is 2.40. The van der Waals surface area contributed by atoms with Crippen molar-refractivity contribution in [2.45, 2.75) is 13.3 Å².